The SMILES string of the molecule is NC(=O)N(c1nccs1)c1ccccc1S(N)(=O)=O. The first kappa shape index (κ1) is 13.5. The maximum Gasteiger partial charge on any atom is 0.325 e. The monoisotopic (exact) mass is 298 g/mol. The van der Waals surface area contributed by atoms with Crippen LogP contribution in [0.1, 0.15) is 0 Å². The molecule has 7 nitrogen and oxygen atoms in total. The molecule has 0 saturated heterocycles. The van der Waals surface area contributed by atoms with Crippen molar-refractivity contribution in [3.05, 3.63) is 35.8 Å². The standard InChI is InChI=1S/C10H10N4O3S2/c11-9(15)14(10-13-5-6-18-10)7-3-1-2-4-8(7)19(12,16)17/h1-6H,(H2,11,15)(H2,12,16,17). The molecule has 0 bridgehead atoms. The second kappa shape index (κ2) is 4.96. The highest BCUT2D eigenvalue weighted by Crippen LogP contribution is 2.31. The summed E-state index contributed by atoms with van der Waals surface area (Å²) in [5, 5.41) is 7.04. The smallest absolute Gasteiger partial charge is 0.325 e. The van der Waals surface area contributed by atoms with Crippen LogP contribution in [0.4, 0.5) is 15.6 Å². The molecule has 1 aromatic heterocycles. The molecule has 4 N–H and O–H groups in total. The van der Waals surface area contributed by atoms with Gasteiger partial charge in [0, 0.05) is 11.6 Å². The van der Waals surface area contributed by atoms with Crippen LogP contribution in [0.15, 0.2) is 40.7 Å². The quantitative estimate of drug-likeness (QED) is 0.878. The van der Waals surface area contributed by atoms with Gasteiger partial charge < -0.3 is 5.73 Å². The van der Waals surface area contributed by atoms with Crippen molar-refractivity contribution in [2.45, 2.75) is 4.90 Å². The molecule has 2 rings (SSSR count). The van der Waals surface area contributed by atoms with Crippen molar-refractivity contribution in [1.82, 2.24) is 4.98 Å². The van der Waals surface area contributed by atoms with Gasteiger partial charge in [0.2, 0.25) is 10.0 Å². The second-order valence-electron chi connectivity index (χ2n) is 3.50. The summed E-state index contributed by atoms with van der Waals surface area (Å²) >= 11 is 1.15. The Morgan fingerprint density at radius 1 is 1.32 bits per heavy atom. The van der Waals surface area contributed by atoms with Crippen LogP contribution in [0.2, 0.25) is 0 Å². The van der Waals surface area contributed by atoms with E-state index in [2.05, 4.69) is 4.98 Å². The minimum Gasteiger partial charge on any atom is -0.351 e. The van der Waals surface area contributed by atoms with E-state index in [1.807, 2.05) is 0 Å². The first-order valence-corrected chi connectivity index (χ1v) is 7.45. The fourth-order valence-electron chi connectivity index (χ4n) is 1.52. The summed E-state index contributed by atoms with van der Waals surface area (Å²) in [6.45, 7) is 0. The lowest BCUT2D eigenvalue weighted by Gasteiger charge is -2.19. The van der Waals surface area contributed by atoms with Gasteiger partial charge in [0.25, 0.3) is 0 Å². The summed E-state index contributed by atoms with van der Waals surface area (Å²) in [4.78, 5) is 16.3. The molecule has 1 aromatic carbocycles. The largest absolute Gasteiger partial charge is 0.351 e. The fraction of sp³-hybridized carbons (Fsp3) is 0. The van der Waals surface area contributed by atoms with E-state index >= 15 is 0 Å². The van der Waals surface area contributed by atoms with E-state index in [9.17, 15) is 13.2 Å². The van der Waals surface area contributed by atoms with Crippen LogP contribution in [-0.2, 0) is 10.0 Å². The van der Waals surface area contributed by atoms with Crippen molar-refractivity contribution in [2.24, 2.45) is 10.9 Å². The Kier molecular flexibility index (Phi) is 3.51. The maximum absolute atomic E-state index is 11.6. The van der Waals surface area contributed by atoms with E-state index in [1.165, 1.54) is 24.4 Å². The van der Waals surface area contributed by atoms with Crippen molar-refractivity contribution in [2.75, 3.05) is 4.90 Å². The maximum atomic E-state index is 11.6. The number of para-hydroxylation sites is 1. The predicted octanol–water partition coefficient (Wildman–Crippen LogP) is 1.01. The van der Waals surface area contributed by atoms with Gasteiger partial charge in [0.15, 0.2) is 5.13 Å². The zero-order valence-electron chi connectivity index (χ0n) is 9.55. The number of sulfonamides is 1. The van der Waals surface area contributed by atoms with Gasteiger partial charge in [-0.2, -0.15) is 0 Å². The topological polar surface area (TPSA) is 119 Å². The number of rotatable bonds is 3. The highest BCUT2D eigenvalue weighted by atomic mass is 32.2. The van der Waals surface area contributed by atoms with Crippen LogP contribution in [0.5, 0.6) is 0 Å². The first-order valence-electron chi connectivity index (χ1n) is 5.02. The molecular formula is C10H10N4O3S2. The van der Waals surface area contributed by atoms with Gasteiger partial charge in [-0.25, -0.2) is 28.2 Å². The number of carbonyl (C=O) groups is 1. The number of nitrogens with two attached hydrogens (primary N) is 2. The van der Waals surface area contributed by atoms with Crippen molar-refractivity contribution < 1.29 is 13.2 Å². The molecule has 1 heterocycles. The Morgan fingerprint density at radius 2 is 2.00 bits per heavy atom. The molecule has 0 spiro atoms. The van der Waals surface area contributed by atoms with Crippen LogP contribution in [0.25, 0.3) is 0 Å². The second-order valence-corrected chi connectivity index (χ2v) is 5.90. The molecule has 0 fully saturated rings. The van der Waals surface area contributed by atoms with Crippen LogP contribution in [-0.4, -0.2) is 19.4 Å². The number of nitrogens with zero attached hydrogens (tertiary/aromatic N) is 2. The van der Waals surface area contributed by atoms with Crippen molar-refractivity contribution in [3.63, 3.8) is 0 Å². The molecule has 0 aliphatic rings. The normalized spacial score (nSPS) is 11.2. The highest BCUT2D eigenvalue weighted by molar-refractivity contribution is 7.89. The van der Waals surface area contributed by atoms with E-state index in [0.717, 1.165) is 16.2 Å². The van der Waals surface area contributed by atoms with Gasteiger partial charge in [0.1, 0.15) is 4.90 Å². The fourth-order valence-corrected chi connectivity index (χ4v) is 2.90. The average molecular weight is 298 g/mol. The van der Waals surface area contributed by atoms with E-state index in [0.29, 0.717) is 0 Å². The lowest BCUT2D eigenvalue weighted by atomic mass is 10.3. The van der Waals surface area contributed by atoms with Crippen LogP contribution in [0.3, 0.4) is 0 Å². The van der Waals surface area contributed by atoms with E-state index in [1.54, 1.807) is 11.4 Å². The van der Waals surface area contributed by atoms with Gasteiger partial charge in [-0.1, -0.05) is 12.1 Å². The number of benzene rings is 1. The van der Waals surface area contributed by atoms with Crippen molar-refractivity contribution in [3.8, 4) is 0 Å². The number of aromatic nitrogens is 1. The Bertz CT molecular complexity index is 697. The summed E-state index contributed by atoms with van der Waals surface area (Å²) in [7, 11) is -3.98. The van der Waals surface area contributed by atoms with E-state index in [4.69, 9.17) is 10.9 Å². The van der Waals surface area contributed by atoms with Gasteiger partial charge in [-0.3, -0.25) is 0 Å². The van der Waals surface area contributed by atoms with Gasteiger partial charge >= 0.3 is 6.03 Å². The Balaban J connectivity index is 2.65. The predicted molar refractivity (Wildman–Crippen MR) is 71.7 cm³/mol. The van der Waals surface area contributed by atoms with Crippen LogP contribution >= 0.6 is 11.3 Å². The number of thiazole rings is 1. The number of hydrogen-bond acceptors (Lipinski definition) is 5. The zero-order chi connectivity index (χ0) is 14.0. The van der Waals surface area contributed by atoms with E-state index < -0.39 is 16.1 Å². The van der Waals surface area contributed by atoms with Crippen LogP contribution < -0.4 is 15.8 Å². The Hall–Kier alpha value is -1.97. The number of primary sulfonamides is 1. The number of amides is 2. The number of urea groups is 1. The number of carbonyl (C=O) groups excluding carboxylic acids is 1. The highest BCUT2D eigenvalue weighted by Gasteiger charge is 2.24. The molecular weight excluding hydrogens is 288 g/mol. The van der Waals surface area contributed by atoms with Crippen molar-refractivity contribution >= 4 is 38.2 Å². The number of hydrogen-bond donors (Lipinski definition) is 2. The molecule has 0 atom stereocenters. The summed E-state index contributed by atoms with van der Waals surface area (Å²) in [6, 6.07) is 4.98. The molecule has 100 valence electrons. The Labute approximate surface area is 113 Å². The third-order valence-corrected chi connectivity index (χ3v) is 3.96. The number of anilines is 2. The number of primary amides is 1. The summed E-state index contributed by atoms with van der Waals surface area (Å²) < 4.78 is 23.1. The van der Waals surface area contributed by atoms with Gasteiger partial charge in [-0.05, 0) is 12.1 Å². The lowest BCUT2D eigenvalue weighted by Crippen LogP contribution is -2.33. The van der Waals surface area contributed by atoms with Gasteiger partial charge in [0.05, 0.1) is 5.69 Å². The minimum atomic E-state index is -3.98. The molecule has 9 heteroatoms. The summed E-state index contributed by atoms with van der Waals surface area (Å²) in [5.74, 6) is 0. The third-order valence-electron chi connectivity index (χ3n) is 2.24. The average Bonchev–Trinajstić information content (AvgIpc) is 2.81. The molecule has 0 saturated carbocycles. The van der Waals surface area contributed by atoms with Crippen LogP contribution in [0, 0.1) is 0 Å². The Morgan fingerprint density at radius 3 is 2.53 bits per heavy atom. The molecule has 2 amide bonds. The first-order chi connectivity index (χ1) is 8.91. The molecule has 19 heavy (non-hydrogen) atoms. The minimum absolute atomic E-state index is 0.0763. The summed E-state index contributed by atoms with van der Waals surface area (Å²) in [6.07, 6.45) is 1.48. The van der Waals surface area contributed by atoms with Crippen molar-refractivity contribution in [1.29, 1.82) is 0 Å². The third kappa shape index (κ3) is 2.72. The molecule has 0 unspecified atom stereocenters. The summed E-state index contributed by atoms with van der Waals surface area (Å²) in [5.41, 5.74) is 5.37. The van der Waals surface area contributed by atoms with Gasteiger partial charge in [-0.15, -0.1) is 11.3 Å². The van der Waals surface area contributed by atoms with E-state index in [-0.39, 0.29) is 15.7 Å². The lowest BCUT2D eigenvalue weighted by molar-refractivity contribution is 0.256. The molecule has 2 aromatic rings. The molecule has 0 aliphatic carbocycles. The zero-order valence-corrected chi connectivity index (χ0v) is 11.2. The molecule has 0 radical (unpaired) electrons. The molecule has 0 aliphatic heterocycles.